The van der Waals surface area contributed by atoms with Crippen LogP contribution in [0.3, 0.4) is 0 Å². The van der Waals surface area contributed by atoms with Gasteiger partial charge in [0.25, 0.3) is 0 Å². The Morgan fingerprint density at radius 2 is 1.70 bits per heavy atom. The first-order chi connectivity index (χ1) is 13.1. The number of hydrogen-bond acceptors (Lipinski definition) is 5. The minimum atomic E-state index is 0.191. The molecule has 0 saturated heterocycles. The maximum absolute atomic E-state index is 9.47. The van der Waals surface area contributed by atoms with Crippen LogP contribution in [0.4, 0.5) is 0 Å². The van der Waals surface area contributed by atoms with Gasteiger partial charge in [0.2, 0.25) is 0 Å². The Labute approximate surface area is 162 Å². The summed E-state index contributed by atoms with van der Waals surface area (Å²) in [6.45, 7) is 0. The van der Waals surface area contributed by atoms with E-state index >= 15 is 0 Å². The summed E-state index contributed by atoms with van der Waals surface area (Å²) < 4.78 is 3.46. The highest BCUT2D eigenvalue weighted by Crippen LogP contribution is 2.28. The molecule has 3 aromatic heterocycles. The third-order valence-corrected chi connectivity index (χ3v) is 4.99. The van der Waals surface area contributed by atoms with Crippen LogP contribution in [0.5, 0.6) is 5.75 Å². The van der Waals surface area contributed by atoms with Gasteiger partial charge in [0.1, 0.15) is 12.1 Å². The molecule has 0 unspecified atom stereocenters. The number of phenolic OH excluding ortho intramolecular Hbond substituents is 1. The summed E-state index contributed by atoms with van der Waals surface area (Å²) in [5, 5.41) is 24.1. The number of halogens is 2. The largest absolute Gasteiger partial charge is 0.508 e. The molecule has 0 amide bonds. The molecule has 0 radical (unpaired) electrons. The summed E-state index contributed by atoms with van der Waals surface area (Å²) in [4.78, 5) is 4.53. The van der Waals surface area contributed by atoms with Crippen LogP contribution in [0.15, 0.2) is 55.0 Å². The molecule has 0 bridgehead atoms. The highest BCUT2D eigenvalue weighted by molar-refractivity contribution is 6.42. The second kappa shape index (κ2) is 5.94. The average molecular weight is 397 g/mol. The van der Waals surface area contributed by atoms with Crippen LogP contribution in [-0.2, 0) is 0 Å². The Balaban J connectivity index is 1.70. The van der Waals surface area contributed by atoms with Crippen LogP contribution in [0.25, 0.3) is 33.8 Å². The first kappa shape index (κ1) is 16.0. The van der Waals surface area contributed by atoms with Crippen molar-refractivity contribution < 1.29 is 5.11 Å². The summed E-state index contributed by atoms with van der Waals surface area (Å²) >= 11 is 12.1. The average Bonchev–Trinajstić information content (AvgIpc) is 3.28. The lowest BCUT2D eigenvalue weighted by Gasteiger charge is -2.05. The van der Waals surface area contributed by atoms with Crippen molar-refractivity contribution in [3.8, 4) is 22.8 Å². The molecule has 0 fully saturated rings. The molecule has 9 heteroatoms. The minimum absolute atomic E-state index is 0.191. The number of aromatic hydroxyl groups is 1. The van der Waals surface area contributed by atoms with Gasteiger partial charge in [-0.25, -0.2) is 9.67 Å². The van der Waals surface area contributed by atoms with Crippen LogP contribution in [0.2, 0.25) is 10.0 Å². The van der Waals surface area contributed by atoms with Gasteiger partial charge in [0.05, 0.1) is 27.3 Å². The fourth-order valence-corrected chi connectivity index (χ4v) is 3.23. The second-order valence-corrected chi connectivity index (χ2v) is 6.72. The van der Waals surface area contributed by atoms with Crippen LogP contribution in [-0.4, -0.2) is 34.5 Å². The maximum Gasteiger partial charge on any atom is 0.175 e. The summed E-state index contributed by atoms with van der Waals surface area (Å²) in [5.74, 6) is 0.817. The van der Waals surface area contributed by atoms with E-state index in [2.05, 4.69) is 20.3 Å². The SMILES string of the molecule is Oc1ccc(-c2nnc3c4cnn(-c5ccc(Cl)c(Cl)c5)c4ncn23)cc1. The van der Waals surface area contributed by atoms with Crippen molar-refractivity contribution in [3.63, 3.8) is 0 Å². The quantitative estimate of drug-likeness (QED) is 0.484. The Morgan fingerprint density at radius 1 is 0.889 bits per heavy atom. The van der Waals surface area contributed by atoms with Crippen molar-refractivity contribution >= 4 is 39.9 Å². The van der Waals surface area contributed by atoms with E-state index < -0.39 is 0 Å². The molecule has 0 aliphatic heterocycles. The molecule has 1 N–H and O–H groups in total. The topological polar surface area (TPSA) is 81.1 Å². The van der Waals surface area contributed by atoms with Gasteiger partial charge in [-0.2, -0.15) is 5.10 Å². The fourth-order valence-electron chi connectivity index (χ4n) is 2.93. The lowest BCUT2D eigenvalue weighted by molar-refractivity contribution is 0.475. The number of aromatic nitrogens is 6. The molecular weight excluding hydrogens is 387 g/mol. The molecule has 0 atom stereocenters. The van der Waals surface area contributed by atoms with Crippen LogP contribution < -0.4 is 0 Å². The van der Waals surface area contributed by atoms with Crippen molar-refractivity contribution in [2.45, 2.75) is 0 Å². The zero-order chi connectivity index (χ0) is 18.5. The molecule has 3 heterocycles. The predicted octanol–water partition coefficient (Wildman–Crippen LogP) is 4.14. The number of phenols is 1. The van der Waals surface area contributed by atoms with Crippen molar-refractivity contribution in [2.75, 3.05) is 0 Å². The fraction of sp³-hybridized carbons (Fsp3) is 0. The smallest absolute Gasteiger partial charge is 0.175 e. The first-order valence-electron chi connectivity index (χ1n) is 7.94. The van der Waals surface area contributed by atoms with E-state index in [4.69, 9.17) is 23.2 Å². The van der Waals surface area contributed by atoms with Gasteiger partial charge in [-0.05, 0) is 42.5 Å². The first-order valence-corrected chi connectivity index (χ1v) is 8.70. The zero-order valence-electron chi connectivity index (χ0n) is 13.6. The molecule has 5 rings (SSSR count). The van der Waals surface area contributed by atoms with Gasteiger partial charge in [-0.15, -0.1) is 10.2 Å². The zero-order valence-corrected chi connectivity index (χ0v) is 15.1. The highest BCUT2D eigenvalue weighted by Gasteiger charge is 2.15. The summed E-state index contributed by atoms with van der Waals surface area (Å²) in [5.41, 5.74) is 2.83. The molecule has 0 aliphatic rings. The Morgan fingerprint density at radius 3 is 2.48 bits per heavy atom. The van der Waals surface area contributed by atoms with Crippen LogP contribution in [0.1, 0.15) is 0 Å². The maximum atomic E-state index is 9.47. The molecule has 27 heavy (non-hydrogen) atoms. The van der Waals surface area contributed by atoms with Gasteiger partial charge in [0.15, 0.2) is 17.1 Å². The molecule has 0 spiro atoms. The van der Waals surface area contributed by atoms with Gasteiger partial charge in [-0.3, -0.25) is 4.40 Å². The second-order valence-electron chi connectivity index (χ2n) is 5.90. The highest BCUT2D eigenvalue weighted by atomic mass is 35.5. The van der Waals surface area contributed by atoms with E-state index in [1.54, 1.807) is 58.0 Å². The Hall–Kier alpha value is -3.16. The molecule has 0 saturated carbocycles. The number of nitrogens with zero attached hydrogens (tertiary/aromatic N) is 6. The number of benzene rings is 2. The van der Waals surface area contributed by atoms with Crippen molar-refractivity contribution in [3.05, 3.63) is 65.0 Å². The monoisotopic (exact) mass is 396 g/mol. The van der Waals surface area contributed by atoms with Crippen LogP contribution in [0, 0.1) is 0 Å². The van der Waals surface area contributed by atoms with Crippen molar-refractivity contribution in [1.29, 1.82) is 0 Å². The lowest BCUT2D eigenvalue weighted by Crippen LogP contribution is -1.99. The molecule has 2 aromatic carbocycles. The third kappa shape index (κ3) is 2.51. The number of hydrogen-bond donors (Lipinski definition) is 1. The standard InChI is InChI=1S/C18H10Cl2N6O/c19-14-6-3-11(7-15(14)20)26-17-13(8-22-26)18-24-23-16(25(18)9-21-17)10-1-4-12(27)5-2-10/h1-9,27H. The molecule has 0 aliphatic carbocycles. The molecule has 132 valence electrons. The summed E-state index contributed by atoms with van der Waals surface area (Å²) in [7, 11) is 0. The van der Waals surface area contributed by atoms with E-state index in [0.717, 1.165) is 16.6 Å². The van der Waals surface area contributed by atoms with Gasteiger partial charge in [-0.1, -0.05) is 23.2 Å². The Bertz CT molecular complexity index is 1310. The Kier molecular flexibility index (Phi) is 3.53. The molecule has 7 nitrogen and oxygen atoms in total. The van der Waals surface area contributed by atoms with Crippen molar-refractivity contribution in [2.24, 2.45) is 0 Å². The molecular formula is C18H10Cl2N6O. The van der Waals surface area contributed by atoms with Gasteiger partial charge in [0, 0.05) is 5.56 Å². The summed E-state index contributed by atoms with van der Waals surface area (Å²) in [6.07, 6.45) is 3.34. The van der Waals surface area contributed by atoms with E-state index in [0.29, 0.717) is 27.2 Å². The third-order valence-electron chi connectivity index (χ3n) is 4.25. The lowest BCUT2D eigenvalue weighted by atomic mass is 10.2. The van der Waals surface area contributed by atoms with E-state index in [1.807, 2.05) is 6.07 Å². The summed E-state index contributed by atoms with van der Waals surface area (Å²) in [6, 6.07) is 12.0. The predicted molar refractivity (Wildman–Crippen MR) is 103 cm³/mol. The van der Waals surface area contributed by atoms with E-state index in [-0.39, 0.29) is 5.75 Å². The van der Waals surface area contributed by atoms with Crippen molar-refractivity contribution in [1.82, 2.24) is 29.4 Å². The van der Waals surface area contributed by atoms with Gasteiger partial charge >= 0.3 is 0 Å². The normalized spacial score (nSPS) is 11.5. The molecule has 5 aromatic rings. The van der Waals surface area contributed by atoms with E-state index in [1.165, 1.54) is 0 Å². The van der Waals surface area contributed by atoms with E-state index in [9.17, 15) is 5.11 Å². The van der Waals surface area contributed by atoms with Crippen LogP contribution >= 0.6 is 23.2 Å². The number of fused-ring (bicyclic) bond motifs is 3. The number of rotatable bonds is 2. The van der Waals surface area contributed by atoms with Gasteiger partial charge < -0.3 is 5.11 Å². The minimum Gasteiger partial charge on any atom is -0.508 e.